The van der Waals surface area contributed by atoms with Crippen molar-refractivity contribution in [2.45, 2.75) is 109 Å². The van der Waals surface area contributed by atoms with Crippen molar-refractivity contribution in [2.24, 2.45) is 5.92 Å². The number of ether oxygens (including phenoxy) is 1. The topological polar surface area (TPSA) is 120 Å². The normalized spacial score (nSPS) is 20.5. The molecule has 0 aromatic heterocycles. The summed E-state index contributed by atoms with van der Waals surface area (Å²) in [5.74, 6) is -1.59. The summed E-state index contributed by atoms with van der Waals surface area (Å²) in [5.41, 5.74) is -0.826. The molecular formula is C33H50FN5O5. The van der Waals surface area contributed by atoms with Gasteiger partial charge in [-0.1, -0.05) is 38.7 Å². The van der Waals surface area contributed by atoms with Crippen LogP contribution in [0.3, 0.4) is 0 Å². The molecule has 244 valence electrons. The number of carbonyl (C=O) groups excluding carboxylic acids is 4. The third-order valence-corrected chi connectivity index (χ3v) is 9.16. The second-order valence-corrected chi connectivity index (χ2v) is 13.7. The molecule has 0 bridgehead atoms. The monoisotopic (exact) mass is 615 g/mol. The van der Waals surface area contributed by atoms with Crippen LogP contribution < -0.4 is 16.0 Å². The summed E-state index contributed by atoms with van der Waals surface area (Å²) in [5, 5.41) is 8.42. The lowest BCUT2D eigenvalue weighted by Gasteiger charge is -2.37. The molecule has 4 rings (SSSR count). The van der Waals surface area contributed by atoms with Gasteiger partial charge in [0.1, 0.15) is 23.5 Å². The van der Waals surface area contributed by atoms with Crippen LogP contribution in [0, 0.1) is 11.7 Å². The van der Waals surface area contributed by atoms with Crippen LogP contribution in [0.4, 0.5) is 14.9 Å². The Hall–Kier alpha value is -3.21. The highest BCUT2D eigenvalue weighted by Crippen LogP contribution is 2.52. The number of alkyl carbamates (subject to hydrolysis) is 1. The molecule has 3 aliphatic rings. The summed E-state index contributed by atoms with van der Waals surface area (Å²) in [6.45, 7) is 9.66. The number of nitrogens with one attached hydrogen (secondary N) is 3. The number of benzene rings is 1. The van der Waals surface area contributed by atoms with E-state index in [1.165, 1.54) is 12.1 Å². The number of piperazine rings is 1. The van der Waals surface area contributed by atoms with E-state index >= 15 is 4.39 Å². The van der Waals surface area contributed by atoms with Gasteiger partial charge in [0, 0.05) is 38.0 Å². The third-order valence-electron chi connectivity index (χ3n) is 9.16. The van der Waals surface area contributed by atoms with Crippen LogP contribution in [0.25, 0.3) is 0 Å². The first kappa shape index (κ1) is 33.7. The average Bonchev–Trinajstić information content (AvgIpc) is 3.80. The molecule has 0 radical (unpaired) electrons. The Morgan fingerprint density at radius 2 is 1.64 bits per heavy atom. The molecule has 1 saturated heterocycles. The smallest absolute Gasteiger partial charge is 0.408 e. The third kappa shape index (κ3) is 8.49. The number of amides is 4. The number of rotatable bonds is 9. The Kier molecular flexibility index (Phi) is 10.9. The van der Waals surface area contributed by atoms with Crippen LogP contribution in [0.15, 0.2) is 18.2 Å². The average molecular weight is 616 g/mol. The SMILES string of the molecule is CCC(=O)NC(C(=O)N1CCN(C)CC1)C1(c2ccc(NC(=O)[C@@H](NC(=O)OC(C)(C)C)C3CCCCCC3)c(F)c2)CC1. The zero-order valence-corrected chi connectivity index (χ0v) is 27.0. The maximum absolute atomic E-state index is 15.7. The Balaban J connectivity index is 1.53. The van der Waals surface area contributed by atoms with Crippen molar-refractivity contribution in [3.05, 3.63) is 29.6 Å². The largest absolute Gasteiger partial charge is 0.444 e. The fourth-order valence-electron chi connectivity index (χ4n) is 6.40. The molecule has 1 aliphatic heterocycles. The summed E-state index contributed by atoms with van der Waals surface area (Å²) in [7, 11) is 2.01. The van der Waals surface area contributed by atoms with Crippen LogP contribution in [0.2, 0.25) is 0 Å². The van der Waals surface area contributed by atoms with E-state index in [2.05, 4.69) is 20.9 Å². The lowest BCUT2D eigenvalue weighted by molar-refractivity contribution is -0.138. The molecule has 3 fully saturated rings. The van der Waals surface area contributed by atoms with E-state index in [0.29, 0.717) is 31.5 Å². The number of likely N-dealkylation sites (N-methyl/N-ethyl adjacent to an activating group) is 1. The van der Waals surface area contributed by atoms with Crippen LogP contribution >= 0.6 is 0 Å². The van der Waals surface area contributed by atoms with Gasteiger partial charge >= 0.3 is 6.09 Å². The Morgan fingerprint density at radius 1 is 1.00 bits per heavy atom. The molecule has 3 N–H and O–H groups in total. The standard InChI is InChI=1S/C33H50FN5O5/c1-6-26(40)36-28(30(42)39-19-17-38(5)18-20-39)33(15-16-33)23-13-14-25(24(34)21-23)35-29(41)27(22-11-9-7-8-10-12-22)37-31(43)44-32(2,3)4/h13-14,21-22,27-28H,6-12,15-20H2,1-5H3,(H,35,41)(H,36,40)(H,37,43)/t27-,28?/m0/s1. The Bertz CT molecular complexity index is 1200. The van der Waals surface area contributed by atoms with Crippen molar-refractivity contribution in [2.75, 3.05) is 38.5 Å². The second-order valence-electron chi connectivity index (χ2n) is 13.7. The first-order valence-electron chi connectivity index (χ1n) is 16.2. The zero-order chi connectivity index (χ0) is 32.1. The number of halogens is 1. The van der Waals surface area contributed by atoms with Gasteiger partial charge in [0.2, 0.25) is 17.7 Å². The number of carbonyl (C=O) groups is 4. The lowest BCUT2D eigenvalue weighted by Crippen LogP contribution is -2.58. The van der Waals surface area contributed by atoms with Crippen molar-refractivity contribution in [3.63, 3.8) is 0 Å². The minimum atomic E-state index is -0.869. The van der Waals surface area contributed by atoms with Crippen molar-refractivity contribution >= 4 is 29.5 Å². The molecular weight excluding hydrogens is 565 g/mol. The first-order chi connectivity index (χ1) is 20.8. The molecule has 2 saturated carbocycles. The van der Waals surface area contributed by atoms with Crippen molar-refractivity contribution in [1.82, 2.24) is 20.4 Å². The van der Waals surface area contributed by atoms with Gasteiger partial charge in [-0.15, -0.1) is 0 Å². The summed E-state index contributed by atoms with van der Waals surface area (Å²) < 4.78 is 21.1. The molecule has 44 heavy (non-hydrogen) atoms. The number of hydrogen-bond acceptors (Lipinski definition) is 6. The summed E-state index contributed by atoms with van der Waals surface area (Å²) in [6, 6.07) is 2.95. The Morgan fingerprint density at radius 3 is 2.18 bits per heavy atom. The predicted molar refractivity (Wildman–Crippen MR) is 167 cm³/mol. The van der Waals surface area contributed by atoms with Gasteiger partial charge in [0.05, 0.1) is 5.69 Å². The molecule has 1 heterocycles. The van der Waals surface area contributed by atoms with Gasteiger partial charge < -0.3 is 30.5 Å². The van der Waals surface area contributed by atoms with E-state index < -0.39 is 40.9 Å². The quantitative estimate of drug-likeness (QED) is 0.356. The fourth-order valence-corrected chi connectivity index (χ4v) is 6.40. The van der Waals surface area contributed by atoms with E-state index in [1.54, 1.807) is 38.7 Å². The molecule has 1 aromatic carbocycles. The van der Waals surface area contributed by atoms with Gasteiger partial charge in [-0.2, -0.15) is 0 Å². The number of anilines is 1. The number of nitrogens with zero attached hydrogens (tertiary/aromatic N) is 2. The van der Waals surface area contributed by atoms with E-state index in [1.807, 2.05) is 7.05 Å². The molecule has 2 atom stereocenters. The molecule has 1 unspecified atom stereocenters. The predicted octanol–water partition coefficient (Wildman–Crippen LogP) is 4.33. The maximum Gasteiger partial charge on any atom is 0.408 e. The van der Waals surface area contributed by atoms with Gasteiger partial charge in [0.25, 0.3) is 0 Å². The summed E-state index contributed by atoms with van der Waals surface area (Å²) in [6.07, 6.45) is 6.45. The molecule has 11 heteroatoms. The van der Waals surface area contributed by atoms with Gasteiger partial charge in [-0.25, -0.2) is 9.18 Å². The molecule has 10 nitrogen and oxygen atoms in total. The van der Waals surface area contributed by atoms with Crippen molar-refractivity contribution in [1.29, 1.82) is 0 Å². The van der Waals surface area contributed by atoms with Gasteiger partial charge in [-0.05, 0) is 77.1 Å². The van der Waals surface area contributed by atoms with E-state index in [9.17, 15) is 19.2 Å². The van der Waals surface area contributed by atoms with Gasteiger partial charge in [0.15, 0.2) is 0 Å². The fraction of sp³-hybridized carbons (Fsp3) is 0.697. The first-order valence-corrected chi connectivity index (χ1v) is 16.2. The molecule has 1 aromatic rings. The molecule has 4 amide bonds. The highest BCUT2D eigenvalue weighted by Gasteiger charge is 2.55. The van der Waals surface area contributed by atoms with Crippen molar-refractivity contribution < 1.29 is 28.3 Å². The molecule has 2 aliphatic carbocycles. The van der Waals surface area contributed by atoms with Crippen molar-refractivity contribution in [3.8, 4) is 0 Å². The lowest BCUT2D eigenvalue weighted by atomic mass is 9.86. The second kappa shape index (κ2) is 14.3. The molecule has 0 spiro atoms. The van der Waals surface area contributed by atoms with Gasteiger partial charge in [-0.3, -0.25) is 14.4 Å². The van der Waals surface area contributed by atoms with Crippen LogP contribution in [0.1, 0.15) is 91.0 Å². The van der Waals surface area contributed by atoms with E-state index in [-0.39, 0.29) is 29.8 Å². The zero-order valence-electron chi connectivity index (χ0n) is 27.0. The Labute approximate surface area is 260 Å². The number of hydrogen-bond donors (Lipinski definition) is 3. The minimum absolute atomic E-state index is 0.00120. The highest BCUT2D eigenvalue weighted by atomic mass is 19.1. The van der Waals surface area contributed by atoms with Crippen LogP contribution in [0.5, 0.6) is 0 Å². The summed E-state index contributed by atoms with van der Waals surface area (Å²) >= 11 is 0. The highest BCUT2D eigenvalue weighted by molar-refractivity contribution is 5.97. The van der Waals surface area contributed by atoms with E-state index in [0.717, 1.165) is 51.6 Å². The van der Waals surface area contributed by atoms with E-state index in [4.69, 9.17) is 4.74 Å². The van der Waals surface area contributed by atoms with Crippen LogP contribution in [-0.2, 0) is 24.5 Å². The maximum atomic E-state index is 15.7. The van der Waals surface area contributed by atoms with Crippen LogP contribution in [-0.4, -0.2) is 84.5 Å². The minimum Gasteiger partial charge on any atom is -0.444 e. The summed E-state index contributed by atoms with van der Waals surface area (Å²) in [4.78, 5) is 56.5.